The highest BCUT2D eigenvalue weighted by atomic mass is 32.2. The molecule has 1 aromatic heterocycles. The standard InChI is InChI=1S/C23H20N2OS2/c1-2-27-18-12-10-16(11-13-18)14-22(26)25-23-24-21(15-28-23)20-9-5-7-17-6-3-4-8-19(17)20/h3-13,15H,2,14H2,1H3,(H,24,25,26). The van der Waals surface area contributed by atoms with Crippen molar-refractivity contribution in [1.82, 2.24) is 4.98 Å². The minimum Gasteiger partial charge on any atom is -0.302 e. The van der Waals surface area contributed by atoms with Gasteiger partial charge in [-0.1, -0.05) is 61.5 Å². The summed E-state index contributed by atoms with van der Waals surface area (Å²) in [5, 5.41) is 7.91. The van der Waals surface area contributed by atoms with Crippen LogP contribution >= 0.6 is 23.1 Å². The van der Waals surface area contributed by atoms with Crippen LogP contribution in [0, 0.1) is 0 Å². The Morgan fingerprint density at radius 1 is 1.04 bits per heavy atom. The van der Waals surface area contributed by atoms with E-state index in [9.17, 15) is 4.79 Å². The second-order valence-electron chi connectivity index (χ2n) is 6.37. The van der Waals surface area contributed by atoms with Crippen LogP contribution in [0.4, 0.5) is 5.13 Å². The van der Waals surface area contributed by atoms with E-state index in [0.717, 1.165) is 22.6 Å². The van der Waals surface area contributed by atoms with Crippen LogP contribution in [-0.4, -0.2) is 16.6 Å². The predicted molar refractivity (Wildman–Crippen MR) is 120 cm³/mol. The van der Waals surface area contributed by atoms with Crippen LogP contribution in [0.25, 0.3) is 22.0 Å². The van der Waals surface area contributed by atoms with Crippen molar-refractivity contribution in [2.45, 2.75) is 18.2 Å². The van der Waals surface area contributed by atoms with Crippen LogP contribution in [0.1, 0.15) is 12.5 Å². The third-order valence-corrected chi connectivity index (χ3v) is 6.07. The number of nitrogens with zero attached hydrogens (tertiary/aromatic N) is 1. The van der Waals surface area contributed by atoms with Crippen molar-refractivity contribution in [3.05, 3.63) is 77.7 Å². The molecule has 0 aliphatic rings. The van der Waals surface area contributed by atoms with E-state index in [1.165, 1.54) is 27.0 Å². The molecule has 4 aromatic rings. The normalized spacial score (nSPS) is 10.9. The molecular weight excluding hydrogens is 384 g/mol. The highest BCUT2D eigenvalue weighted by Crippen LogP contribution is 2.31. The van der Waals surface area contributed by atoms with Gasteiger partial charge in [0.2, 0.25) is 5.91 Å². The lowest BCUT2D eigenvalue weighted by Gasteiger charge is -2.04. The van der Waals surface area contributed by atoms with Gasteiger partial charge in [-0.15, -0.1) is 23.1 Å². The number of fused-ring (bicyclic) bond motifs is 1. The molecule has 0 radical (unpaired) electrons. The number of aromatic nitrogens is 1. The van der Waals surface area contributed by atoms with Gasteiger partial charge < -0.3 is 5.32 Å². The summed E-state index contributed by atoms with van der Waals surface area (Å²) in [5.74, 6) is 0.998. The topological polar surface area (TPSA) is 42.0 Å². The lowest BCUT2D eigenvalue weighted by atomic mass is 10.0. The molecule has 3 aromatic carbocycles. The van der Waals surface area contributed by atoms with Crippen LogP contribution in [0.15, 0.2) is 77.0 Å². The number of amides is 1. The number of hydrogen-bond acceptors (Lipinski definition) is 4. The summed E-state index contributed by atoms with van der Waals surface area (Å²) in [5.41, 5.74) is 2.97. The molecule has 28 heavy (non-hydrogen) atoms. The zero-order chi connectivity index (χ0) is 19.3. The van der Waals surface area contributed by atoms with E-state index in [4.69, 9.17) is 0 Å². The first-order chi connectivity index (χ1) is 13.7. The van der Waals surface area contributed by atoms with Gasteiger partial charge in [0, 0.05) is 15.8 Å². The van der Waals surface area contributed by atoms with E-state index in [0.29, 0.717) is 11.6 Å². The number of hydrogen-bond donors (Lipinski definition) is 1. The van der Waals surface area contributed by atoms with E-state index in [1.807, 2.05) is 35.7 Å². The second-order valence-corrected chi connectivity index (χ2v) is 8.56. The summed E-state index contributed by atoms with van der Waals surface area (Å²) >= 11 is 3.25. The molecule has 0 spiro atoms. The van der Waals surface area contributed by atoms with Gasteiger partial charge in [-0.3, -0.25) is 4.79 Å². The first-order valence-electron chi connectivity index (χ1n) is 9.18. The summed E-state index contributed by atoms with van der Waals surface area (Å²) in [6.07, 6.45) is 0.347. The van der Waals surface area contributed by atoms with Gasteiger partial charge in [0.15, 0.2) is 5.13 Å². The molecule has 4 rings (SSSR count). The first-order valence-corrected chi connectivity index (χ1v) is 11.0. The van der Waals surface area contributed by atoms with Crippen LogP contribution < -0.4 is 5.32 Å². The van der Waals surface area contributed by atoms with Crippen molar-refractivity contribution in [1.29, 1.82) is 0 Å². The Bertz CT molecular complexity index is 1100. The maximum Gasteiger partial charge on any atom is 0.230 e. The first kappa shape index (κ1) is 18.7. The average molecular weight is 405 g/mol. The Morgan fingerprint density at radius 2 is 1.82 bits per heavy atom. The molecule has 140 valence electrons. The molecule has 0 aliphatic heterocycles. The van der Waals surface area contributed by atoms with Crippen molar-refractivity contribution in [2.75, 3.05) is 11.1 Å². The molecule has 5 heteroatoms. The van der Waals surface area contributed by atoms with Gasteiger partial charge in [0.05, 0.1) is 12.1 Å². The van der Waals surface area contributed by atoms with Gasteiger partial charge in [-0.2, -0.15) is 0 Å². The molecule has 0 fully saturated rings. The third-order valence-electron chi connectivity index (χ3n) is 4.42. The van der Waals surface area contributed by atoms with Crippen molar-refractivity contribution in [3.63, 3.8) is 0 Å². The van der Waals surface area contributed by atoms with E-state index < -0.39 is 0 Å². The zero-order valence-corrected chi connectivity index (χ0v) is 17.1. The summed E-state index contributed by atoms with van der Waals surface area (Å²) < 4.78 is 0. The molecule has 0 unspecified atom stereocenters. The molecule has 0 saturated carbocycles. The molecule has 0 bridgehead atoms. The highest BCUT2D eigenvalue weighted by Gasteiger charge is 2.11. The predicted octanol–water partition coefficient (Wildman–Crippen LogP) is 6.26. The average Bonchev–Trinajstić information content (AvgIpc) is 3.17. The SMILES string of the molecule is CCSc1ccc(CC(=O)Nc2nc(-c3cccc4ccccc34)cs2)cc1. The van der Waals surface area contributed by atoms with E-state index in [2.05, 4.69) is 53.6 Å². The number of nitrogens with one attached hydrogen (secondary N) is 1. The molecular formula is C23H20N2OS2. The van der Waals surface area contributed by atoms with Crippen molar-refractivity contribution in [3.8, 4) is 11.3 Å². The Labute approximate surface area is 172 Å². The van der Waals surface area contributed by atoms with E-state index in [1.54, 1.807) is 11.8 Å². The maximum absolute atomic E-state index is 12.4. The Hall–Kier alpha value is -2.63. The van der Waals surface area contributed by atoms with E-state index >= 15 is 0 Å². The lowest BCUT2D eigenvalue weighted by Crippen LogP contribution is -2.14. The molecule has 1 heterocycles. The van der Waals surface area contributed by atoms with Gasteiger partial charge in [0.1, 0.15) is 0 Å². The fraction of sp³-hybridized carbons (Fsp3) is 0.130. The summed E-state index contributed by atoms with van der Waals surface area (Å²) in [6, 6.07) is 22.6. The van der Waals surface area contributed by atoms with Crippen LogP contribution in [0.5, 0.6) is 0 Å². The fourth-order valence-corrected chi connectivity index (χ4v) is 4.51. The number of carbonyl (C=O) groups is 1. The molecule has 0 saturated heterocycles. The number of anilines is 1. The quantitative estimate of drug-likeness (QED) is 0.386. The van der Waals surface area contributed by atoms with Crippen LogP contribution in [0.3, 0.4) is 0 Å². The largest absolute Gasteiger partial charge is 0.302 e. The lowest BCUT2D eigenvalue weighted by molar-refractivity contribution is -0.115. The van der Waals surface area contributed by atoms with E-state index in [-0.39, 0.29) is 5.91 Å². The number of thioether (sulfide) groups is 1. The number of carbonyl (C=O) groups excluding carboxylic acids is 1. The minimum absolute atomic E-state index is 0.0466. The monoisotopic (exact) mass is 404 g/mol. The Balaban J connectivity index is 1.46. The van der Waals surface area contributed by atoms with Crippen molar-refractivity contribution in [2.24, 2.45) is 0 Å². The Morgan fingerprint density at radius 3 is 2.64 bits per heavy atom. The zero-order valence-electron chi connectivity index (χ0n) is 15.5. The minimum atomic E-state index is -0.0466. The molecule has 0 aliphatic carbocycles. The Kier molecular flexibility index (Phi) is 5.74. The highest BCUT2D eigenvalue weighted by molar-refractivity contribution is 7.99. The van der Waals surface area contributed by atoms with Gasteiger partial charge in [-0.25, -0.2) is 4.98 Å². The van der Waals surface area contributed by atoms with Gasteiger partial charge in [-0.05, 0) is 34.2 Å². The molecule has 0 atom stereocenters. The van der Waals surface area contributed by atoms with Crippen LogP contribution in [0.2, 0.25) is 0 Å². The molecule has 1 N–H and O–H groups in total. The third kappa shape index (κ3) is 4.26. The fourth-order valence-electron chi connectivity index (χ4n) is 3.12. The van der Waals surface area contributed by atoms with Gasteiger partial charge >= 0.3 is 0 Å². The molecule has 1 amide bonds. The van der Waals surface area contributed by atoms with Crippen molar-refractivity contribution >= 4 is 44.9 Å². The van der Waals surface area contributed by atoms with Crippen molar-refractivity contribution < 1.29 is 4.79 Å². The smallest absolute Gasteiger partial charge is 0.230 e. The van der Waals surface area contributed by atoms with Crippen LogP contribution in [-0.2, 0) is 11.2 Å². The van der Waals surface area contributed by atoms with Gasteiger partial charge in [0.25, 0.3) is 0 Å². The maximum atomic E-state index is 12.4. The second kappa shape index (κ2) is 8.59. The summed E-state index contributed by atoms with van der Waals surface area (Å²) in [6.45, 7) is 2.13. The number of rotatable bonds is 6. The summed E-state index contributed by atoms with van der Waals surface area (Å²) in [7, 11) is 0. The summed E-state index contributed by atoms with van der Waals surface area (Å²) in [4.78, 5) is 18.3. The number of benzene rings is 3. The molecule has 3 nitrogen and oxygen atoms in total. The number of thiazole rings is 1.